The van der Waals surface area contributed by atoms with Crippen molar-refractivity contribution < 1.29 is 4.39 Å². The number of aromatic nitrogens is 2. The molecule has 0 spiro atoms. The second-order valence-electron chi connectivity index (χ2n) is 4.49. The van der Waals surface area contributed by atoms with Crippen LogP contribution in [-0.4, -0.2) is 23.6 Å². The van der Waals surface area contributed by atoms with E-state index in [-0.39, 0.29) is 0 Å². The lowest BCUT2D eigenvalue weighted by Crippen LogP contribution is -2.22. The van der Waals surface area contributed by atoms with Crippen LogP contribution in [0.15, 0.2) is 6.07 Å². The fourth-order valence-corrected chi connectivity index (χ4v) is 1.81. The highest BCUT2D eigenvalue weighted by Crippen LogP contribution is 2.38. The molecule has 0 amide bonds. The van der Waals surface area contributed by atoms with E-state index < -0.39 is 6.08 Å². The standard InChI is InChI=1S/C11H16FN3/c1-7-4-9(7)6-15(3)10-5-8(2)13-11(12)14-10/h5,7,9H,4,6H2,1-3H3. The van der Waals surface area contributed by atoms with Crippen molar-refractivity contribution in [3.8, 4) is 0 Å². The Morgan fingerprint density at radius 3 is 2.73 bits per heavy atom. The Hall–Kier alpha value is -1.19. The van der Waals surface area contributed by atoms with Crippen LogP contribution >= 0.6 is 0 Å². The van der Waals surface area contributed by atoms with Crippen LogP contribution in [-0.2, 0) is 0 Å². The molecule has 1 aromatic rings. The van der Waals surface area contributed by atoms with Crippen LogP contribution in [0.5, 0.6) is 0 Å². The maximum atomic E-state index is 13.0. The van der Waals surface area contributed by atoms with Gasteiger partial charge in [-0.2, -0.15) is 9.37 Å². The van der Waals surface area contributed by atoms with Crippen LogP contribution in [0.4, 0.5) is 10.2 Å². The Morgan fingerprint density at radius 1 is 1.53 bits per heavy atom. The molecule has 1 aliphatic rings. The zero-order valence-electron chi connectivity index (χ0n) is 9.37. The van der Waals surface area contributed by atoms with Crippen LogP contribution in [0.25, 0.3) is 0 Å². The Morgan fingerprint density at radius 2 is 2.20 bits per heavy atom. The van der Waals surface area contributed by atoms with E-state index in [9.17, 15) is 4.39 Å². The summed E-state index contributed by atoms with van der Waals surface area (Å²) in [5.74, 6) is 2.23. The summed E-state index contributed by atoms with van der Waals surface area (Å²) in [6.45, 7) is 4.98. The number of anilines is 1. The largest absolute Gasteiger partial charge is 0.359 e. The minimum Gasteiger partial charge on any atom is -0.359 e. The first-order chi connectivity index (χ1) is 7.06. The Kier molecular flexibility index (Phi) is 2.59. The van der Waals surface area contributed by atoms with Gasteiger partial charge in [-0.25, -0.2) is 4.98 Å². The Labute approximate surface area is 89.3 Å². The van der Waals surface area contributed by atoms with Gasteiger partial charge in [0.2, 0.25) is 0 Å². The number of nitrogens with zero attached hydrogens (tertiary/aromatic N) is 3. The Balaban J connectivity index is 2.07. The fraction of sp³-hybridized carbons (Fsp3) is 0.636. The monoisotopic (exact) mass is 209 g/mol. The van der Waals surface area contributed by atoms with Gasteiger partial charge in [0.15, 0.2) is 0 Å². The summed E-state index contributed by atoms with van der Waals surface area (Å²) in [6, 6.07) is 1.82. The van der Waals surface area contributed by atoms with Crippen molar-refractivity contribution in [1.82, 2.24) is 9.97 Å². The predicted molar refractivity (Wildman–Crippen MR) is 57.3 cm³/mol. The van der Waals surface area contributed by atoms with Crippen LogP contribution in [0.2, 0.25) is 0 Å². The first kappa shape index (κ1) is 10.3. The van der Waals surface area contributed by atoms with Crippen LogP contribution < -0.4 is 4.90 Å². The van der Waals surface area contributed by atoms with E-state index in [1.165, 1.54) is 6.42 Å². The highest BCUT2D eigenvalue weighted by Gasteiger charge is 2.33. The molecule has 4 heteroatoms. The molecule has 1 saturated carbocycles. The highest BCUT2D eigenvalue weighted by atomic mass is 19.1. The number of aryl methyl sites for hydroxylation is 1. The van der Waals surface area contributed by atoms with E-state index in [4.69, 9.17) is 0 Å². The van der Waals surface area contributed by atoms with E-state index in [2.05, 4.69) is 16.9 Å². The zero-order chi connectivity index (χ0) is 11.0. The molecule has 0 radical (unpaired) electrons. The number of rotatable bonds is 3. The molecule has 0 aliphatic heterocycles. The molecule has 15 heavy (non-hydrogen) atoms. The lowest BCUT2D eigenvalue weighted by atomic mass is 10.3. The average molecular weight is 209 g/mol. The molecular weight excluding hydrogens is 193 g/mol. The van der Waals surface area contributed by atoms with Crippen molar-refractivity contribution in [1.29, 1.82) is 0 Å². The number of hydrogen-bond donors (Lipinski definition) is 0. The molecule has 2 atom stereocenters. The van der Waals surface area contributed by atoms with E-state index in [0.29, 0.717) is 11.5 Å². The SMILES string of the molecule is Cc1cc(N(C)CC2CC2C)nc(F)n1. The number of halogens is 1. The van der Waals surface area contributed by atoms with Gasteiger partial charge in [-0.1, -0.05) is 6.92 Å². The molecule has 1 aliphatic carbocycles. The van der Waals surface area contributed by atoms with Gasteiger partial charge in [-0.05, 0) is 25.2 Å². The van der Waals surface area contributed by atoms with Gasteiger partial charge >= 0.3 is 6.08 Å². The first-order valence-corrected chi connectivity index (χ1v) is 5.28. The molecule has 0 N–H and O–H groups in total. The molecule has 0 bridgehead atoms. The lowest BCUT2D eigenvalue weighted by Gasteiger charge is -2.18. The molecule has 1 aromatic heterocycles. The van der Waals surface area contributed by atoms with E-state index in [0.717, 1.165) is 18.4 Å². The molecule has 0 saturated heterocycles. The molecule has 1 heterocycles. The third-order valence-electron chi connectivity index (χ3n) is 2.99. The van der Waals surface area contributed by atoms with Crippen molar-refractivity contribution >= 4 is 5.82 Å². The molecule has 2 unspecified atom stereocenters. The van der Waals surface area contributed by atoms with Gasteiger partial charge < -0.3 is 4.90 Å². The van der Waals surface area contributed by atoms with E-state index >= 15 is 0 Å². The highest BCUT2D eigenvalue weighted by molar-refractivity contribution is 5.38. The Bertz CT molecular complexity index is 347. The van der Waals surface area contributed by atoms with Gasteiger partial charge in [0, 0.05) is 25.4 Å². The summed E-state index contributed by atoms with van der Waals surface area (Å²) < 4.78 is 13.0. The third kappa shape index (κ3) is 2.43. The second-order valence-corrected chi connectivity index (χ2v) is 4.49. The smallest absolute Gasteiger partial charge is 0.310 e. The summed E-state index contributed by atoms with van der Waals surface area (Å²) in [6.07, 6.45) is 0.636. The van der Waals surface area contributed by atoms with Crippen LogP contribution in [0.1, 0.15) is 19.0 Å². The molecule has 0 aromatic carbocycles. The fourth-order valence-electron chi connectivity index (χ4n) is 1.81. The average Bonchev–Trinajstić information content (AvgIpc) is 2.79. The molecule has 2 rings (SSSR count). The van der Waals surface area contributed by atoms with E-state index in [1.807, 2.05) is 18.0 Å². The lowest BCUT2D eigenvalue weighted by molar-refractivity contribution is 0.533. The van der Waals surface area contributed by atoms with Gasteiger partial charge in [0.25, 0.3) is 0 Å². The third-order valence-corrected chi connectivity index (χ3v) is 2.99. The normalized spacial score (nSPS) is 24.0. The van der Waals surface area contributed by atoms with Gasteiger partial charge in [0.1, 0.15) is 5.82 Å². The van der Waals surface area contributed by atoms with Crippen molar-refractivity contribution in [2.75, 3.05) is 18.5 Å². The second kappa shape index (κ2) is 3.76. The van der Waals surface area contributed by atoms with Crippen LogP contribution in [0.3, 0.4) is 0 Å². The number of hydrogen-bond acceptors (Lipinski definition) is 3. The van der Waals surface area contributed by atoms with Crippen molar-refractivity contribution in [2.24, 2.45) is 11.8 Å². The maximum Gasteiger partial charge on any atom is 0.310 e. The van der Waals surface area contributed by atoms with Crippen molar-refractivity contribution in [3.05, 3.63) is 17.8 Å². The van der Waals surface area contributed by atoms with Crippen molar-refractivity contribution in [2.45, 2.75) is 20.3 Å². The van der Waals surface area contributed by atoms with Crippen LogP contribution in [0, 0.1) is 24.8 Å². The topological polar surface area (TPSA) is 29.0 Å². The molecular formula is C11H16FN3. The van der Waals surface area contributed by atoms with Gasteiger partial charge in [-0.15, -0.1) is 0 Å². The molecule has 1 fully saturated rings. The van der Waals surface area contributed by atoms with Crippen molar-refractivity contribution in [3.63, 3.8) is 0 Å². The summed E-state index contributed by atoms with van der Waals surface area (Å²) in [7, 11) is 1.95. The minimum atomic E-state index is -0.638. The molecule has 82 valence electrons. The summed E-state index contributed by atoms with van der Waals surface area (Å²) in [4.78, 5) is 9.42. The minimum absolute atomic E-state index is 0.638. The zero-order valence-corrected chi connectivity index (χ0v) is 9.37. The summed E-state index contributed by atoms with van der Waals surface area (Å²) in [5.41, 5.74) is 0.674. The van der Waals surface area contributed by atoms with Gasteiger partial charge in [0.05, 0.1) is 0 Å². The summed E-state index contributed by atoms with van der Waals surface area (Å²) in [5, 5.41) is 0. The van der Waals surface area contributed by atoms with E-state index in [1.54, 1.807) is 6.92 Å². The van der Waals surface area contributed by atoms with Gasteiger partial charge in [-0.3, -0.25) is 0 Å². The quantitative estimate of drug-likeness (QED) is 0.713. The predicted octanol–water partition coefficient (Wildman–Crippen LogP) is 2.02. The summed E-state index contributed by atoms with van der Waals surface area (Å²) >= 11 is 0. The molecule has 3 nitrogen and oxygen atoms in total. The maximum absolute atomic E-state index is 13.0. The first-order valence-electron chi connectivity index (χ1n) is 5.28.